The molecule has 1 saturated heterocycles. The molecule has 24 heavy (non-hydrogen) atoms. The van der Waals surface area contributed by atoms with Gasteiger partial charge in [0.2, 0.25) is 0 Å². The van der Waals surface area contributed by atoms with E-state index < -0.39 is 11.9 Å². The Balaban J connectivity index is 2.16. The predicted octanol–water partition coefficient (Wildman–Crippen LogP) is 2.07. The lowest BCUT2D eigenvalue weighted by Gasteiger charge is -2.33. The number of para-hydroxylation sites is 1. The number of quaternary nitrogens is 1. The minimum atomic E-state index is -0.574. The Morgan fingerprint density at radius 3 is 2.62 bits per heavy atom. The number of urea groups is 1. The van der Waals surface area contributed by atoms with Gasteiger partial charge in [-0.3, -0.25) is 4.79 Å². The maximum Gasteiger partial charge on any atom is 0.451 e. The Morgan fingerprint density at radius 1 is 1.33 bits per heavy atom. The number of primary amides is 1. The lowest BCUT2D eigenvalue weighted by Crippen LogP contribution is -2.61. The highest BCUT2D eigenvalue weighted by Gasteiger charge is 2.53. The number of amides is 3. The Morgan fingerprint density at radius 2 is 2.04 bits per heavy atom. The second kappa shape index (κ2) is 6.33. The SMILES string of the molecule is Cc1cn(C)c(=NC(=O)[N+]2(c3ccccc3)CCCC2C(N)=O)s1. The first-order chi connectivity index (χ1) is 11.4. The van der Waals surface area contributed by atoms with E-state index in [1.165, 1.54) is 11.3 Å². The van der Waals surface area contributed by atoms with E-state index in [0.717, 1.165) is 17.0 Å². The number of carbonyl (C=O) groups excluding carboxylic acids is 2. The smallest absolute Gasteiger partial charge is 0.364 e. The Bertz CT molecular complexity index is 840. The quantitative estimate of drug-likeness (QED) is 0.846. The summed E-state index contributed by atoms with van der Waals surface area (Å²) in [6, 6.07) is 8.46. The molecular weight excluding hydrogens is 324 g/mol. The molecule has 1 aliphatic rings. The minimum Gasteiger partial charge on any atom is -0.364 e. The van der Waals surface area contributed by atoms with Crippen LogP contribution in [0.15, 0.2) is 41.5 Å². The average molecular weight is 345 g/mol. The molecule has 0 saturated carbocycles. The number of aryl methyl sites for hydroxylation is 2. The van der Waals surface area contributed by atoms with Crippen LogP contribution in [0.4, 0.5) is 10.5 Å². The summed E-state index contributed by atoms with van der Waals surface area (Å²) in [5.41, 5.74) is 6.39. The number of nitrogens with two attached hydrogens (primary N) is 1. The van der Waals surface area contributed by atoms with Crippen molar-refractivity contribution in [3.8, 4) is 0 Å². The third-order valence-electron chi connectivity index (χ3n) is 4.53. The predicted molar refractivity (Wildman–Crippen MR) is 94.3 cm³/mol. The molecule has 0 radical (unpaired) electrons. The van der Waals surface area contributed by atoms with Gasteiger partial charge in [-0.2, -0.15) is 4.48 Å². The number of benzene rings is 1. The van der Waals surface area contributed by atoms with Crippen molar-refractivity contribution in [3.05, 3.63) is 46.2 Å². The molecule has 1 aromatic carbocycles. The topological polar surface area (TPSA) is 77.4 Å². The molecular formula is C17H21N4O2S+. The van der Waals surface area contributed by atoms with Crippen LogP contribution in [0.3, 0.4) is 0 Å². The summed E-state index contributed by atoms with van der Waals surface area (Å²) in [6.45, 7) is 2.51. The molecule has 126 valence electrons. The summed E-state index contributed by atoms with van der Waals surface area (Å²) in [5, 5.41) is 0. The number of carbonyl (C=O) groups is 2. The van der Waals surface area contributed by atoms with E-state index in [4.69, 9.17) is 5.73 Å². The molecule has 0 aliphatic carbocycles. The first-order valence-electron chi connectivity index (χ1n) is 7.90. The fourth-order valence-corrected chi connectivity index (χ4v) is 4.27. The molecule has 2 heterocycles. The zero-order valence-corrected chi connectivity index (χ0v) is 14.6. The van der Waals surface area contributed by atoms with Gasteiger partial charge in [0.25, 0.3) is 5.91 Å². The van der Waals surface area contributed by atoms with Crippen LogP contribution in [0.25, 0.3) is 0 Å². The van der Waals surface area contributed by atoms with Crippen LogP contribution in [-0.2, 0) is 11.8 Å². The van der Waals surface area contributed by atoms with E-state index in [-0.39, 0.29) is 10.5 Å². The second-order valence-electron chi connectivity index (χ2n) is 6.12. The number of hydrogen-bond acceptors (Lipinski definition) is 3. The monoisotopic (exact) mass is 345 g/mol. The van der Waals surface area contributed by atoms with Gasteiger partial charge in [-0.15, -0.1) is 16.3 Å². The summed E-state index contributed by atoms with van der Waals surface area (Å²) < 4.78 is 1.71. The second-order valence-corrected chi connectivity index (χ2v) is 7.33. The summed E-state index contributed by atoms with van der Waals surface area (Å²) >= 11 is 1.45. The van der Waals surface area contributed by atoms with Crippen molar-refractivity contribution in [1.29, 1.82) is 0 Å². The van der Waals surface area contributed by atoms with Crippen LogP contribution >= 0.6 is 11.3 Å². The van der Waals surface area contributed by atoms with Gasteiger partial charge in [0.1, 0.15) is 5.69 Å². The lowest BCUT2D eigenvalue weighted by molar-refractivity contribution is -0.121. The molecule has 6 nitrogen and oxygen atoms in total. The highest BCUT2D eigenvalue weighted by Crippen LogP contribution is 2.35. The lowest BCUT2D eigenvalue weighted by atomic mass is 10.1. The number of hydrogen-bond donors (Lipinski definition) is 1. The standard InChI is InChI=1S/C17H20N4O2S/c1-12-11-20(2)16(24-12)19-17(23)21(13-7-4-3-5-8-13)10-6-9-14(21)15(18)22/h3-5,7-8,11,14H,6,9-10H2,1-2H3,(H-,18,22)/p+1. The molecule has 1 fully saturated rings. The van der Waals surface area contributed by atoms with Crippen molar-refractivity contribution in [2.24, 2.45) is 17.8 Å². The zero-order valence-electron chi connectivity index (χ0n) is 13.8. The molecule has 1 aliphatic heterocycles. The van der Waals surface area contributed by atoms with Crippen LogP contribution < -0.4 is 15.0 Å². The molecule has 3 rings (SSSR count). The molecule has 2 unspecified atom stereocenters. The van der Waals surface area contributed by atoms with Crippen LogP contribution in [0, 0.1) is 6.92 Å². The van der Waals surface area contributed by atoms with Crippen molar-refractivity contribution in [1.82, 2.24) is 9.05 Å². The van der Waals surface area contributed by atoms with Crippen LogP contribution in [0.5, 0.6) is 0 Å². The third-order valence-corrected chi connectivity index (χ3v) is 5.52. The van der Waals surface area contributed by atoms with Gasteiger partial charge in [0.05, 0.1) is 6.54 Å². The van der Waals surface area contributed by atoms with Gasteiger partial charge in [0.15, 0.2) is 10.8 Å². The molecule has 7 heteroatoms. The van der Waals surface area contributed by atoms with Gasteiger partial charge < -0.3 is 10.3 Å². The number of thiazole rings is 1. The maximum atomic E-state index is 13.2. The Labute approximate surface area is 144 Å². The van der Waals surface area contributed by atoms with Crippen molar-refractivity contribution in [3.63, 3.8) is 0 Å². The molecule has 0 spiro atoms. The fraction of sp³-hybridized carbons (Fsp3) is 0.353. The molecule has 3 amide bonds. The Kier molecular flexibility index (Phi) is 4.38. The number of likely N-dealkylation sites (tertiary alicyclic amines) is 1. The molecule has 2 N–H and O–H groups in total. The molecule has 2 aromatic rings. The number of nitrogens with zero attached hydrogens (tertiary/aromatic N) is 3. The fourth-order valence-electron chi connectivity index (χ4n) is 3.46. The van der Waals surface area contributed by atoms with Crippen LogP contribution in [0.1, 0.15) is 17.7 Å². The zero-order chi connectivity index (χ0) is 17.3. The van der Waals surface area contributed by atoms with E-state index in [1.54, 1.807) is 0 Å². The molecule has 0 bridgehead atoms. The summed E-state index contributed by atoms with van der Waals surface area (Å²) in [6.07, 6.45) is 3.29. The summed E-state index contributed by atoms with van der Waals surface area (Å²) in [4.78, 5) is 31.3. The first-order valence-corrected chi connectivity index (χ1v) is 8.72. The summed E-state index contributed by atoms with van der Waals surface area (Å²) in [7, 11) is 1.86. The average Bonchev–Trinajstić information content (AvgIpc) is 3.13. The van der Waals surface area contributed by atoms with Crippen LogP contribution in [-0.4, -0.2) is 29.1 Å². The highest BCUT2D eigenvalue weighted by molar-refractivity contribution is 7.09. The van der Waals surface area contributed by atoms with Crippen LogP contribution in [0.2, 0.25) is 0 Å². The van der Waals surface area contributed by atoms with Crippen molar-refractivity contribution < 1.29 is 9.59 Å². The van der Waals surface area contributed by atoms with Gasteiger partial charge in [0, 0.05) is 31.0 Å². The van der Waals surface area contributed by atoms with Crippen molar-refractivity contribution >= 4 is 29.0 Å². The molecule has 2 atom stereocenters. The Hall–Kier alpha value is -2.25. The highest BCUT2D eigenvalue weighted by atomic mass is 32.1. The van der Waals surface area contributed by atoms with E-state index in [1.807, 2.05) is 55.1 Å². The van der Waals surface area contributed by atoms with Crippen molar-refractivity contribution in [2.45, 2.75) is 25.8 Å². The first kappa shape index (κ1) is 16.6. The van der Waals surface area contributed by atoms with Crippen molar-refractivity contribution in [2.75, 3.05) is 6.54 Å². The number of aromatic nitrogens is 1. The van der Waals surface area contributed by atoms with E-state index >= 15 is 0 Å². The van der Waals surface area contributed by atoms with E-state index in [9.17, 15) is 9.59 Å². The van der Waals surface area contributed by atoms with Gasteiger partial charge in [-0.1, -0.05) is 18.2 Å². The molecule has 1 aromatic heterocycles. The van der Waals surface area contributed by atoms with Gasteiger partial charge in [-0.25, -0.2) is 4.79 Å². The minimum absolute atomic E-state index is 0.118. The maximum absolute atomic E-state index is 13.2. The largest absolute Gasteiger partial charge is 0.451 e. The van der Waals surface area contributed by atoms with E-state index in [0.29, 0.717) is 17.8 Å². The third kappa shape index (κ3) is 2.70. The van der Waals surface area contributed by atoms with E-state index in [2.05, 4.69) is 4.99 Å². The van der Waals surface area contributed by atoms with Gasteiger partial charge >= 0.3 is 6.03 Å². The number of rotatable bonds is 2. The summed E-state index contributed by atoms with van der Waals surface area (Å²) in [5.74, 6) is -0.452. The van der Waals surface area contributed by atoms with Gasteiger partial charge in [-0.05, 0) is 19.1 Å². The normalized spacial score (nSPS) is 24.2.